The van der Waals surface area contributed by atoms with Crippen LogP contribution in [0.4, 0.5) is 11.6 Å². The molecule has 0 aliphatic heterocycles. The van der Waals surface area contributed by atoms with Gasteiger partial charge in [0.1, 0.15) is 11.6 Å². The van der Waals surface area contributed by atoms with Gasteiger partial charge in [-0.05, 0) is 41.6 Å². The Balaban J connectivity index is 1.67. The predicted octanol–water partition coefficient (Wildman–Crippen LogP) is 2.74. The Labute approximate surface area is 161 Å². The molecule has 140 valence electrons. The van der Waals surface area contributed by atoms with Crippen LogP contribution in [0.1, 0.15) is 18.2 Å². The van der Waals surface area contributed by atoms with Gasteiger partial charge in [0.05, 0.1) is 12.1 Å². The van der Waals surface area contributed by atoms with Gasteiger partial charge in [-0.25, -0.2) is 9.97 Å². The SMILES string of the molecule is CCc1ccncc1-c1cc2cc(NC(=O)Cc3ccn[nH]3)ncc2c(N)n1. The zero-order chi connectivity index (χ0) is 19.5. The van der Waals surface area contributed by atoms with Gasteiger partial charge >= 0.3 is 0 Å². The summed E-state index contributed by atoms with van der Waals surface area (Å²) in [6.07, 6.45) is 7.85. The van der Waals surface area contributed by atoms with Gasteiger partial charge in [0.25, 0.3) is 0 Å². The number of nitrogens with two attached hydrogens (primary N) is 1. The molecule has 4 heterocycles. The van der Waals surface area contributed by atoms with Gasteiger partial charge in [-0.1, -0.05) is 6.92 Å². The van der Waals surface area contributed by atoms with E-state index in [9.17, 15) is 4.79 Å². The number of H-pyrrole nitrogens is 1. The van der Waals surface area contributed by atoms with Crippen LogP contribution in [0.25, 0.3) is 22.0 Å². The van der Waals surface area contributed by atoms with Crippen LogP contribution in [0.5, 0.6) is 0 Å². The predicted molar refractivity (Wildman–Crippen MR) is 107 cm³/mol. The average Bonchev–Trinajstić information content (AvgIpc) is 3.20. The first kappa shape index (κ1) is 17.6. The number of nitrogens with zero attached hydrogens (tertiary/aromatic N) is 4. The van der Waals surface area contributed by atoms with E-state index in [0.717, 1.165) is 39.7 Å². The lowest BCUT2D eigenvalue weighted by Crippen LogP contribution is -2.15. The van der Waals surface area contributed by atoms with Gasteiger partial charge in [0, 0.05) is 41.4 Å². The number of rotatable bonds is 5. The molecule has 4 rings (SSSR count). The molecule has 0 unspecified atom stereocenters. The Bertz CT molecular complexity index is 1140. The molecule has 0 spiro atoms. The highest BCUT2D eigenvalue weighted by molar-refractivity contribution is 5.97. The number of hydrogen-bond donors (Lipinski definition) is 3. The van der Waals surface area contributed by atoms with Gasteiger partial charge in [-0.3, -0.25) is 14.9 Å². The molecule has 0 saturated carbocycles. The van der Waals surface area contributed by atoms with Crippen LogP contribution in [0.15, 0.2) is 49.1 Å². The molecular weight excluding hydrogens is 354 g/mol. The summed E-state index contributed by atoms with van der Waals surface area (Å²) in [6, 6.07) is 7.47. The second kappa shape index (κ2) is 7.43. The standard InChI is InChI=1S/C20H19N7O/c1-2-12-3-5-22-10-15(12)17-7-13-8-18(23-11-16(13)20(21)25-17)26-19(28)9-14-4-6-24-27-14/h3-8,10-11H,2,9H2,1H3,(H2,21,25)(H,24,27)(H,23,26,28). The number of fused-ring (bicyclic) bond motifs is 1. The van der Waals surface area contributed by atoms with Crippen molar-refractivity contribution in [1.82, 2.24) is 25.1 Å². The van der Waals surface area contributed by atoms with Gasteiger partial charge in [0.2, 0.25) is 5.91 Å². The molecule has 4 N–H and O–H groups in total. The number of hydrogen-bond acceptors (Lipinski definition) is 6. The quantitative estimate of drug-likeness (QED) is 0.494. The van der Waals surface area contributed by atoms with Crippen LogP contribution < -0.4 is 11.1 Å². The van der Waals surface area contributed by atoms with Crippen molar-refractivity contribution in [3.05, 3.63) is 60.3 Å². The van der Waals surface area contributed by atoms with E-state index >= 15 is 0 Å². The lowest BCUT2D eigenvalue weighted by Gasteiger charge is -2.10. The van der Waals surface area contributed by atoms with Crippen LogP contribution in [-0.4, -0.2) is 31.1 Å². The van der Waals surface area contributed by atoms with Crippen LogP contribution in [0.2, 0.25) is 0 Å². The van der Waals surface area contributed by atoms with E-state index < -0.39 is 0 Å². The van der Waals surface area contributed by atoms with E-state index in [1.165, 1.54) is 0 Å². The molecule has 0 atom stereocenters. The molecule has 8 nitrogen and oxygen atoms in total. The molecule has 4 aromatic rings. The zero-order valence-electron chi connectivity index (χ0n) is 15.3. The second-order valence-corrected chi connectivity index (χ2v) is 6.38. The number of nitrogens with one attached hydrogen (secondary N) is 2. The normalized spacial score (nSPS) is 10.9. The Kier molecular flexibility index (Phi) is 4.67. The van der Waals surface area contributed by atoms with Crippen molar-refractivity contribution in [2.45, 2.75) is 19.8 Å². The highest BCUT2D eigenvalue weighted by Crippen LogP contribution is 2.29. The van der Waals surface area contributed by atoms with E-state index in [1.54, 1.807) is 36.9 Å². The van der Waals surface area contributed by atoms with Crippen molar-refractivity contribution in [2.75, 3.05) is 11.1 Å². The van der Waals surface area contributed by atoms with Crippen LogP contribution in [0.3, 0.4) is 0 Å². The fourth-order valence-electron chi connectivity index (χ4n) is 3.09. The molecule has 0 saturated heterocycles. The first-order valence-electron chi connectivity index (χ1n) is 8.91. The maximum atomic E-state index is 12.2. The Morgan fingerprint density at radius 2 is 2.11 bits per heavy atom. The molecule has 0 aliphatic rings. The molecule has 0 fully saturated rings. The first-order chi connectivity index (χ1) is 13.6. The summed E-state index contributed by atoms with van der Waals surface area (Å²) in [5, 5.41) is 11.0. The number of carbonyl (C=O) groups is 1. The number of nitrogen functional groups attached to an aromatic ring is 1. The summed E-state index contributed by atoms with van der Waals surface area (Å²) in [5.41, 5.74) is 9.72. The minimum absolute atomic E-state index is 0.182. The molecule has 8 heteroatoms. The highest BCUT2D eigenvalue weighted by atomic mass is 16.1. The molecule has 0 radical (unpaired) electrons. The van der Waals surface area contributed by atoms with Gasteiger partial charge < -0.3 is 11.1 Å². The fraction of sp³-hybridized carbons (Fsp3) is 0.150. The topological polar surface area (TPSA) is 122 Å². The Morgan fingerprint density at radius 1 is 1.21 bits per heavy atom. The smallest absolute Gasteiger partial charge is 0.231 e. The third kappa shape index (κ3) is 3.52. The number of amides is 1. The zero-order valence-corrected chi connectivity index (χ0v) is 15.3. The van der Waals surface area contributed by atoms with Crippen molar-refractivity contribution in [3.63, 3.8) is 0 Å². The number of anilines is 2. The summed E-state index contributed by atoms with van der Waals surface area (Å²) in [4.78, 5) is 25.2. The monoisotopic (exact) mass is 373 g/mol. The third-order valence-corrected chi connectivity index (χ3v) is 4.49. The Hall–Kier alpha value is -3.81. The van der Waals surface area contributed by atoms with Gasteiger partial charge in [-0.2, -0.15) is 5.10 Å². The molecule has 4 aromatic heterocycles. The summed E-state index contributed by atoms with van der Waals surface area (Å²) >= 11 is 0. The van der Waals surface area contributed by atoms with Crippen molar-refractivity contribution in [2.24, 2.45) is 0 Å². The van der Waals surface area contributed by atoms with Crippen LogP contribution >= 0.6 is 0 Å². The maximum absolute atomic E-state index is 12.2. The number of carbonyl (C=O) groups excluding carboxylic acids is 1. The minimum Gasteiger partial charge on any atom is -0.383 e. The largest absolute Gasteiger partial charge is 0.383 e. The summed E-state index contributed by atoms with van der Waals surface area (Å²) in [5.74, 6) is 0.663. The van der Waals surface area contributed by atoms with Crippen molar-refractivity contribution >= 4 is 28.3 Å². The van der Waals surface area contributed by atoms with Crippen molar-refractivity contribution in [3.8, 4) is 11.3 Å². The summed E-state index contributed by atoms with van der Waals surface area (Å²) in [7, 11) is 0. The molecule has 0 bridgehead atoms. The summed E-state index contributed by atoms with van der Waals surface area (Å²) in [6.45, 7) is 2.08. The molecule has 0 aliphatic carbocycles. The number of pyridine rings is 3. The number of aryl methyl sites for hydroxylation is 1. The van der Waals surface area contributed by atoms with Crippen LogP contribution in [-0.2, 0) is 17.6 Å². The average molecular weight is 373 g/mol. The minimum atomic E-state index is -0.182. The molecule has 1 amide bonds. The highest BCUT2D eigenvalue weighted by Gasteiger charge is 2.11. The number of aromatic amines is 1. The lowest BCUT2D eigenvalue weighted by molar-refractivity contribution is -0.115. The van der Waals surface area contributed by atoms with E-state index in [1.807, 2.05) is 12.1 Å². The maximum Gasteiger partial charge on any atom is 0.231 e. The van der Waals surface area contributed by atoms with Crippen LogP contribution in [0, 0.1) is 0 Å². The van der Waals surface area contributed by atoms with E-state index in [2.05, 4.69) is 37.4 Å². The first-order valence-corrected chi connectivity index (χ1v) is 8.91. The molecule has 0 aromatic carbocycles. The lowest BCUT2D eigenvalue weighted by atomic mass is 10.0. The van der Waals surface area contributed by atoms with E-state index in [4.69, 9.17) is 5.73 Å². The van der Waals surface area contributed by atoms with Crippen molar-refractivity contribution in [1.29, 1.82) is 0 Å². The number of aromatic nitrogens is 5. The second-order valence-electron chi connectivity index (χ2n) is 6.38. The Morgan fingerprint density at radius 3 is 2.89 bits per heavy atom. The summed E-state index contributed by atoms with van der Waals surface area (Å²) < 4.78 is 0. The fourth-order valence-corrected chi connectivity index (χ4v) is 3.09. The van der Waals surface area contributed by atoms with E-state index in [0.29, 0.717) is 11.6 Å². The van der Waals surface area contributed by atoms with Gasteiger partial charge in [0.15, 0.2) is 0 Å². The van der Waals surface area contributed by atoms with E-state index in [-0.39, 0.29) is 12.3 Å². The van der Waals surface area contributed by atoms with Crippen molar-refractivity contribution < 1.29 is 4.79 Å². The van der Waals surface area contributed by atoms with Gasteiger partial charge in [-0.15, -0.1) is 0 Å². The molecular formula is C20H19N7O. The molecule has 28 heavy (non-hydrogen) atoms. The third-order valence-electron chi connectivity index (χ3n) is 4.49.